The Morgan fingerprint density at radius 3 is 2.49 bits per heavy atom. The van der Waals surface area contributed by atoms with E-state index in [1.54, 1.807) is 61.7 Å². The number of nitrogens with one attached hydrogen (secondary N) is 1. The molecule has 0 aliphatic rings. The first kappa shape index (κ1) is 27.7. The molecule has 10 heteroatoms. The van der Waals surface area contributed by atoms with E-state index in [4.69, 9.17) is 35.2 Å². The number of carbonyl (C=O) groups is 2. The highest BCUT2D eigenvalue weighted by Gasteiger charge is 2.18. The number of benzene rings is 2. The molecule has 4 aromatic rings. The molecule has 39 heavy (non-hydrogen) atoms. The molecule has 0 saturated heterocycles. The van der Waals surface area contributed by atoms with Crippen molar-refractivity contribution < 1.29 is 28.2 Å². The number of hydrogen-bond donors (Lipinski definition) is 1. The summed E-state index contributed by atoms with van der Waals surface area (Å²) in [6.45, 7) is 7.70. The van der Waals surface area contributed by atoms with E-state index in [9.17, 15) is 9.59 Å². The molecule has 1 N–H and O–H groups in total. The van der Waals surface area contributed by atoms with Crippen LogP contribution in [0.4, 0.5) is 11.4 Å². The van der Waals surface area contributed by atoms with Crippen LogP contribution in [0.1, 0.15) is 42.4 Å². The summed E-state index contributed by atoms with van der Waals surface area (Å²) >= 11 is 6.00. The second-order valence-corrected chi connectivity index (χ2v) is 8.86. The molecule has 0 fully saturated rings. The predicted octanol–water partition coefficient (Wildman–Crippen LogP) is 6.13. The van der Waals surface area contributed by atoms with E-state index in [2.05, 4.69) is 10.3 Å². The predicted molar refractivity (Wildman–Crippen MR) is 148 cm³/mol. The highest BCUT2D eigenvalue weighted by molar-refractivity contribution is 6.30. The number of fused-ring (bicyclic) bond motifs is 1. The summed E-state index contributed by atoms with van der Waals surface area (Å²) in [7, 11) is 0. The lowest BCUT2D eigenvalue weighted by atomic mass is 10.1. The first-order chi connectivity index (χ1) is 18.8. The van der Waals surface area contributed by atoms with Crippen molar-refractivity contribution in [2.24, 2.45) is 4.99 Å². The second-order valence-electron chi connectivity index (χ2n) is 8.43. The molecule has 1 amide bonds. The third kappa shape index (κ3) is 6.74. The molecule has 0 saturated carbocycles. The fourth-order valence-electron chi connectivity index (χ4n) is 3.79. The van der Waals surface area contributed by atoms with Gasteiger partial charge in [-0.05, 0) is 63.2 Å². The number of pyridine rings is 1. The molecule has 2 aromatic carbocycles. The quantitative estimate of drug-likeness (QED) is 0.250. The molecule has 0 bridgehead atoms. The van der Waals surface area contributed by atoms with Crippen LogP contribution in [0.25, 0.3) is 11.0 Å². The fraction of sp³-hybridized carbons (Fsp3) is 0.241. The van der Waals surface area contributed by atoms with Crippen LogP contribution in [0.15, 0.2) is 64.1 Å². The maximum Gasteiger partial charge on any atom is 0.302 e. The molecule has 2 heterocycles. The van der Waals surface area contributed by atoms with Crippen molar-refractivity contribution in [2.45, 2.75) is 34.3 Å². The topological polar surface area (TPSA) is 112 Å². The lowest BCUT2D eigenvalue weighted by Crippen LogP contribution is -2.22. The number of aromatic nitrogens is 1. The van der Waals surface area contributed by atoms with Gasteiger partial charge in [0.15, 0.2) is 5.58 Å². The number of amides is 1. The number of rotatable bonds is 9. The van der Waals surface area contributed by atoms with Crippen molar-refractivity contribution in [1.29, 1.82) is 0 Å². The van der Waals surface area contributed by atoms with Crippen molar-refractivity contribution >= 4 is 45.8 Å². The monoisotopic (exact) mass is 549 g/mol. The Kier molecular flexibility index (Phi) is 8.83. The zero-order valence-corrected chi connectivity index (χ0v) is 22.8. The van der Waals surface area contributed by atoms with Crippen LogP contribution < -0.4 is 20.3 Å². The Labute approximate surface area is 230 Å². The van der Waals surface area contributed by atoms with Crippen LogP contribution in [0.3, 0.4) is 0 Å². The SMILES string of the molecule is CCOc1ccc(OCC)c(N=c2oc3c(C)ncc(COC(C)=O)c3cc2C(=O)Nc2ccc(Cl)cc2)c1. The van der Waals surface area contributed by atoms with E-state index in [1.165, 1.54) is 6.92 Å². The number of halogens is 1. The summed E-state index contributed by atoms with van der Waals surface area (Å²) in [6, 6.07) is 13.6. The van der Waals surface area contributed by atoms with Gasteiger partial charge in [-0.2, -0.15) is 0 Å². The summed E-state index contributed by atoms with van der Waals surface area (Å²) < 4.78 is 22.9. The van der Waals surface area contributed by atoms with Crippen molar-refractivity contribution in [1.82, 2.24) is 4.98 Å². The number of anilines is 1. The van der Waals surface area contributed by atoms with E-state index < -0.39 is 11.9 Å². The van der Waals surface area contributed by atoms with Gasteiger partial charge in [0.1, 0.15) is 29.4 Å². The number of ether oxygens (including phenoxy) is 3. The summed E-state index contributed by atoms with van der Waals surface area (Å²) in [4.78, 5) is 34.1. The van der Waals surface area contributed by atoms with Crippen molar-refractivity contribution in [3.05, 3.63) is 82.1 Å². The Hall–Kier alpha value is -4.37. The molecule has 0 aliphatic heterocycles. The Bertz CT molecular complexity index is 1580. The average molecular weight is 550 g/mol. The largest absolute Gasteiger partial charge is 0.494 e. The number of hydrogen-bond acceptors (Lipinski definition) is 8. The lowest BCUT2D eigenvalue weighted by molar-refractivity contribution is -0.142. The summed E-state index contributed by atoms with van der Waals surface area (Å²) in [5.41, 5.74) is 2.71. The van der Waals surface area contributed by atoms with Crippen molar-refractivity contribution in [3.8, 4) is 11.5 Å². The van der Waals surface area contributed by atoms with E-state index in [1.807, 2.05) is 13.8 Å². The summed E-state index contributed by atoms with van der Waals surface area (Å²) in [5, 5.41) is 3.97. The Morgan fingerprint density at radius 2 is 1.79 bits per heavy atom. The second kappa shape index (κ2) is 12.4. The molecule has 0 aliphatic carbocycles. The number of esters is 1. The van der Waals surface area contributed by atoms with Crippen LogP contribution in [-0.2, 0) is 16.1 Å². The van der Waals surface area contributed by atoms with Crippen LogP contribution in [0.2, 0.25) is 5.02 Å². The van der Waals surface area contributed by atoms with Gasteiger partial charge in [0.2, 0.25) is 5.55 Å². The van der Waals surface area contributed by atoms with Gasteiger partial charge in [-0.15, -0.1) is 0 Å². The number of carbonyl (C=O) groups excluding carboxylic acids is 2. The van der Waals surface area contributed by atoms with Gasteiger partial charge in [-0.3, -0.25) is 14.6 Å². The summed E-state index contributed by atoms with van der Waals surface area (Å²) in [5.74, 6) is 0.187. The van der Waals surface area contributed by atoms with E-state index in [0.29, 0.717) is 63.3 Å². The lowest BCUT2D eigenvalue weighted by Gasteiger charge is -2.12. The smallest absolute Gasteiger partial charge is 0.302 e. The van der Waals surface area contributed by atoms with Crippen molar-refractivity contribution in [3.63, 3.8) is 0 Å². The Balaban J connectivity index is 1.94. The van der Waals surface area contributed by atoms with E-state index >= 15 is 0 Å². The normalized spacial score (nSPS) is 11.4. The first-order valence-corrected chi connectivity index (χ1v) is 12.7. The molecule has 0 spiro atoms. The minimum atomic E-state index is -0.464. The van der Waals surface area contributed by atoms with E-state index in [0.717, 1.165) is 0 Å². The molecule has 9 nitrogen and oxygen atoms in total. The van der Waals surface area contributed by atoms with Crippen LogP contribution in [-0.4, -0.2) is 30.1 Å². The zero-order chi connectivity index (χ0) is 27.9. The highest BCUT2D eigenvalue weighted by Crippen LogP contribution is 2.32. The number of nitrogens with zero attached hydrogens (tertiary/aromatic N) is 2. The third-order valence-corrected chi connectivity index (χ3v) is 5.84. The minimum absolute atomic E-state index is 0.0335. The zero-order valence-electron chi connectivity index (χ0n) is 22.0. The molecule has 202 valence electrons. The van der Waals surface area contributed by atoms with Gasteiger partial charge in [-0.25, -0.2) is 4.99 Å². The highest BCUT2D eigenvalue weighted by atomic mass is 35.5. The van der Waals surface area contributed by atoms with Crippen molar-refractivity contribution in [2.75, 3.05) is 18.5 Å². The molecule has 4 rings (SSSR count). The number of aryl methyl sites for hydroxylation is 1. The third-order valence-electron chi connectivity index (χ3n) is 5.59. The van der Waals surface area contributed by atoms with Gasteiger partial charge < -0.3 is 23.9 Å². The summed E-state index contributed by atoms with van der Waals surface area (Å²) in [6.07, 6.45) is 1.59. The molecule has 0 atom stereocenters. The van der Waals surface area contributed by atoms with Gasteiger partial charge in [0, 0.05) is 40.8 Å². The van der Waals surface area contributed by atoms with Gasteiger partial charge in [-0.1, -0.05) is 11.6 Å². The molecular formula is C29H28ClN3O6. The van der Waals surface area contributed by atoms with Crippen LogP contribution in [0.5, 0.6) is 11.5 Å². The molecule has 0 unspecified atom stereocenters. The Morgan fingerprint density at radius 1 is 1.05 bits per heavy atom. The maximum atomic E-state index is 13.6. The maximum absolute atomic E-state index is 13.6. The van der Waals surface area contributed by atoms with Crippen LogP contribution >= 0.6 is 11.6 Å². The van der Waals surface area contributed by atoms with Gasteiger partial charge >= 0.3 is 5.97 Å². The van der Waals surface area contributed by atoms with Gasteiger partial charge in [0.05, 0.1) is 18.9 Å². The minimum Gasteiger partial charge on any atom is -0.494 e. The molecular weight excluding hydrogens is 522 g/mol. The fourth-order valence-corrected chi connectivity index (χ4v) is 3.91. The van der Waals surface area contributed by atoms with Crippen LogP contribution in [0, 0.1) is 6.92 Å². The van der Waals surface area contributed by atoms with E-state index in [-0.39, 0.29) is 17.7 Å². The van der Waals surface area contributed by atoms with Gasteiger partial charge in [0.25, 0.3) is 5.91 Å². The average Bonchev–Trinajstić information content (AvgIpc) is 2.91. The standard InChI is InChI=1S/C29H28ClN3O6/c1-5-36-22-11-12-26(37-6-2)25(13-22)33-29-24(28(35)32-21-9-7-20(30)8-10-21)14-23-19(16-38-18(4)34)15-31-17(3)27(23)39-29/h7-15H,5-6,16H2,1-4H3,(H,32,35). The molecule has 2 aromatic heterocycles. The molecule has 0 radical (unpaired) electrons. The first-order valence-electron chi connectivity index (χ1n) is 12.4.